The van der Waals surface area contributed by atoms with Gasteiger partial charge in [0.25, 0.3) is 5.56 Å². The number of carbonyl (C=O) groups is 1. The van der Waals surface area contributed by atoms with Gasteiger partial charge in [-0.2, -0.15) is 0 Å². The molecule has 190 valence electrons. The number of hydrogen-bond donors (Lipinski definition) is 2. The number of cyclic esters (lactones) is 1. The maximum atomic E-state index is 13.8. The van der Waals surface area contributed by atoms with Crippen LogP contribution in [0.1, 0.15) is 54.6 Å². The SMILES string of the molecule is CCC1(O)CC(=O)OCc2c1cc1n(c2=O)CC2=C1Nc1cc(Cl)c(C)cc1C2(C)N1CCOCC1. The van der Waals surface area contributed by atoms with Gasteiger partial charge in [0, 0.05) is 29.4 Å². The zero-order valence-electron chi connectivity index (χ0n) is 20.7. The molecule has 36 heavy (non-hydrogen) atoms. The summed E-state index contributed by atoms with van der Waals surface area (Å²) in [7, 11) is 0. The van der Waals surface area contributed by atoms with E-state index in [1.165, 1.54) is 0 Å². The van der Waals surface area contributed by atoms with Crippen LogP contribution in [0.4, 0.5) is 5.69 Å². The first-order chi connectivity index (χ1) is 17.2. The highest BCUT2D eigenvalue weighted by Crippen LogP contribution is 2.51. The van der Waals surface area contributed by atoms with E-state index in [0.717, 1.165) is 41.2 Å². The van der Waals surface area contributed by atoms with Crippen molar-refractivity contribution in [3.63, 3.8) is 0 Å². The number of aromatic nitrogens is 1. The van der Waals surface area contributed by atoms with E-state index in [9.17, 15) is 14.7 Å². The Balaban J connectivity index is 1.58. The third-order valence-corrected chi connectivity index (χ3v) is 8.90. The Morgan fingerprint density at radius 2 is 1.92 bits per heavy atom. The lowest BCUT2D eigenvalue weighted by Gasteiger charge is -2.48. The number of halogens is 1. The smallest absolute Gasteiger partial charge is 0.309 e. The molecule has 0 spiro atoms. The van der Waals surface area contributed by atoms with Gasteiger partial charge in [-0.15, -0.1) is 0 Å². The zero-order valence-corrected chi connectivity index (χ0v) is 21.5. The first-order valence-electron chi connectivity index (χ1n) is 12.5. The summed E-state index contributed by atoms with van der Waals surface area (Å²) < 4.78 is 12.7. The molecule has 1 aromatic heterocycles. The lowest BCUT2D eigenvalue weighted by Crippen LogP contribution is -2.52. The average molecular weight is 512 g/mol. The summed E-state index contributed by atoms with van der Waals surface area (Å²) in [5, 5.41) is 15.7. The summed E-state index contributed by atoms with van der Waals surface area (Å²) in [4.78, 5) is 28.5. The van der Waals surface area contributed by atoms with E-state index >= 15 is 0 Å². The summed E-state index contributed by atoms with van der Waals surface area (Å²) >= 11 is 6.55. The highest BCUT2D eigenvalue weighted by molar-refractivity contribution is 6.31. The van der Waals surface area contributed by atoms with Gasteiger partial charge in [-0.25, -0.2) is 0 Å². The monoisotopic (exact) mass is 511 g/mol. The molecule has 9 heteroatoms. The van der Waals surface area contributed by atoms with Crippen LogP contribution in [-0.2, 0) is 38.6 Å². The van der Waals surface area contributed by atoms with Crippen molar-refractivity contribution in [2.24, 2.45) is 0 Å². The van der Waals surface area contributed by atoms with Crippen molar-refractivity contribution >= 4 is 29.0 Å². The third-order valence-electron chi connectivity index (χ3n) is 8.49. The maximum Gasteiger partial charge on any atom is 0.309 e. The number of ether oxygens (including phenoxy) is 2. The second-order valence-corrected chi connectivity index (χ2v) is 10.7. The molecule has 8 nitrogen and oxygen atoms in total. The molecule has 2 N–H and O–H groups in total. The number of anilines is 1. The largest absolute Gasteiger partial charge is 0.460 e. The van der Waals surface area contributed by atoms with Crippen molar-refractivity contribution in [2.75, 3.05) is 31.6 Å². The molecule has 5 heterocycles. The van der Waals surface area contributed by atoms with Crippen molar-refractivity contribution < 1.29 is 19.4 Å². The van der Waals surface area contributed by atoms with Crippen LogP contribution in [0.2, 0.25) is 5.02 Å². The number of esters is 1. The van der Waals surface area contributed by atoms with Gasteiger partial charge in [0.15, 0.2) is 0 Å². The molecule has 4 aliphatic heterocycles. The molecule has 2 atom stereocenters. The minimum Gasteiger partial charge on any atom is -0.460 e. The van der Waals surface area contributed by atoms with Crippen LogP contribution in [0.25, 0.3) is 5.70 Å². The standard InChI is InChI=1S/C27H30ClN3O5/c1-4-27(34)12-23(32)36-14-16-17(27)10-22-24-19(13-31(22)25(16)33)26(3,30-5-7-35-8-6-30)18-9-15(2)20(28)11-21(18)29-24/h9-11,29,34H,4-8,12-14H2,1-3H3. The van der Waals surface area contributed by atoms with Crippen molar-refractivity contribution in [2.45, 2.75) is 57.9 Å². The fourth-order valence-corrected chi connectivity index (χ4v) is 6.41. The Morgan fingerprint density at radius 3 is 2.64 bits per heavy atom. The topological polar surface area (TPSA) is 93.0 Å². The van der Waals surface area contributed by atoms with E-state index in [1.54, 1.807) is 4.57 Å². The van der Waals surface area contributed by atoms with Crippen LogP contribution in [0.5, 0.6) is 0 Å². The van der Waals surface area contributed by atoms with Gasteiger partial charge in [-0.1, -0.05) is 24.6 Å². The Labute approximate surface area is 214 Å². The van der Waals surface area contributed by atoms with Crippen LogP contribution < -0.4 is 10.9 Å². The minimum atomic E-state index is -1.46. The fourth-order valence-electron chi connectivity index (χ4n) is 6.25. The molecular formula is C27H30ClN3O5. The number of hydrogen-bond acceptors (Lipinski definition) is 7. The molecule has 6 rings (SSSR count). The highest BCUT2D eigenvalue weighted by Gasteiger charge is 2.48. The second kappa shape index (κ2) is 8.18. The molecule has 0 bridgehead atoms. The predicted molar refractivity (Wildman–Crippen MR) is 136 cm³/mol. The van der Waals surface area contributed by atoms with Crippen LogP contribution >= 0.6 is 11.6 Å². The van der Waals surface area contributed by atoms with E-state index in [4.69, 9.17) is 21.1 Å². The van der Waals surface area contributed by atoms with Crippen molar-refractivity contribution in [3.8, 4) is 0 Å². The van der Waals surface area contributed by atoms with Gasteiger partial charge in [0.2, 0.25) is 0 Å². The Morgan fingerprint density at radius 1 is 1.17 bits per heavy atom. The molecule has 0 saturated carbocycles. The molecule has 2 unspecified atom stereocenters. The zero-order chi connectivity index (χ0) is 25.4. The number of aliphatic hydroxyl groups is 1. The minimum absolute atomic E-state index is 0.135. The first kappa shape index (κ1) is 23.7. The number of rotatable bonds is 2. The van der Waals surface area contributed by atoms with Crippen molar-refractivity contribution in [3.05, 3.63) is 67.1 Å². The first-order valence-corrected chi connectivity index (χ1v) is 12.8. The number of morpholine rings is 1. The Bertz CT molecular complexity index is 1390. The average Bonchev–Trinajstić information content (AvgIpc) is 3.18. The Hall–Kier alpha value is -2.65. The normalized spacial score (nSPS) is 27.4. The van der Waals surface area contributed by atoms with Gasteiger partial charge >= 0.3 is 5.97 Å². The lowest BCUT2D eigenvalue weighted by molar-refractivity contribution is -0.149. The van der Waals surface area contributed by atoms with E-state index in [2.05, 4.69) is 23.2 Å². The quantitative estimate of drug-likeness (QED) is 0.598. The number of carbonyl (C=O) groups excluding carboxylic acids is 1. The van der Waals surface area contributed by atoms with Crippen LogP contribution in [0, 0.1) is 6.92 Å². The third kappa shape index (κ3) is 3.24. The number of aryl methyl sites for hydroxylation is 1. The van der Waals surface area contributed by atoms with Crippen LogP contribution in [-0.4, -0.2) is 46.8 Å². The summed E-state index contributed by atoms with van der Waals surface area (Å²) in [5.74, 6) is -0.505. The molecule has 1 fully saturated rings. The van der Waals surface area contributed by atoms with Crippen LogP contribution in [0.3, 0.4) is 0 Å². The number of nitrogens with zero attached hydrogens (tertiary/aromatic N) is 2. The molecule has 2 aromatic rings. The van der Waals surface area contributed by atoms with E-state index in [1.807, 2.05) is 26.0 Å². The van der Waals surface area contributed by atoms with Gasteiger partial charge in [0.05, 0.1) is 48.7 Å². The molecule has 4 aliphatic rings. The van der Waals surface area contributed by atoms with E-state index < -0.39 is 17.1 Å². The summed E-state index contributed by atoms with van der Waals surface area (Å²) in [6, 6.07) is 5.96. The van der Waals surface area contributed by atoms with Crippen molar-refractivity contribution in [1.29, 1.82) is 0 Å². The molecular weight excluding hydrogens is 482 g/mol. The fraction of sp³-hybridized carbons (Fsp3) is 0.481. The molecule has 0 radical (unpaired) electrons. The predicted octanol–water partition coefficient (Wildman–Crippen LogP) is 3.25. The van der Waals surface area contributed by atoms with Gasteiger partial charge in [0.1, 0.15) is 12.2 Å². The van der Waals surface area contributed by atoms with E-state index in [0.29, 0.717) is 48.0 Å². The second-order valence-electron chi connectivity index (χ2n) is 10.3. The molecule has 0 aliphatic carbocycles. The summed E-state index contributed by atoms with van der Waals surface area (Å²) in [6.45, 7) is 9.11. The molecule has 1 aromatic carbocycles. The Kier molecular flexibility index (Phi) is 5.39. The molecule has 0 amide bonds. The molecule has 1 saturated heterocycles. The summed E-state index contributed by atoms with van der Waals surface area (Å²) in [6.07, 6.45) is 0.114. The number of fused-ring (bicyclic) bond motifs is 4. The van der Waals surface area contributed by atoms with E-state index in [-0.39, 0.29) is 18.6 Å². The number of pyridine rings is 1. The van der Waals surface area contributed by atoms with Gasteiger partial charge < -0.3 is 24.5 Å². The van der Waals surface area contributed by atoms with Gasteiger partial charge in [-0.3, -0.25) is 14.5 Å². The lowest BCUT2D eigenvalue weighted by atomic mass is 9.77. The van der Waals surface area contributed by atoms with Crippen LogP contribution in [0.15, 0.2) is 28.6 Å². The summed E-state index contributed by atoms with van der Waals surface area (Å²) in [5.41, 5.74) is 4.31. The van der Waals surface area contributed by atoms with Gasteiger partial charge in [-0.05, 0) is 49.1 Å². The number of benzene rings is 1. The highest BCUT2D eigenvalue weighted by atomic mass is 35.5. The number of nitrogens with one attached hydrogen (secondary N) is 1. The van der Waals surface area contributed by atoms with Crippen molar-refractivity contribution in [1.82, 2.24) is 9.47 Å². The maximum absolute atomic E-state index is 13.8.